The van der Waals surface area contributed by atoms with E-state index in [9.17, 15) is 19.8 Å². The molecular weight excluding hydrogens is 414 g/mol. The first-order valence-electron chi connectivity index (χ1n) is 10.4. The highest BCUT2D eigenvalue weighted by Crippen LogP contribution is 2.32. The minimum absolute atomic E-state index is 0.0179. The highest BCUT2D eigenvalue weighted by molar-refractivity contribution is 6.21. The Morgan fingerprint density at radius 3 is 2.22 bits per heavy atom. The first-order chi connectivity index (χ1) is 15.5. The van der Waals surface area contributed by atoms with Gasteiger partial charge in [-0.2, -0.15) is 0 Å². The average molecular weight is 439 g/mol. The number of carbonyl (C=O) groups excluding carboxylic acids is 2. The standard InChI is InChI=1S/C24H25NO7/c1-2-12-31-24-19(25-22(28)16-10-6-7-11-17(16)23(25)29)21(27)20(26)18(32-24)14-30-13-15-8-4-3-5-9-15/h2-11,18-21,24,26-27H,1,12-14H2/t18-,19-,20-,21+,24-/m1/s1. The zero-order valence-electron chi connectivity index (χ0n) is 17.4. The molecule has 0 aromatic heterocycles. The Balaban J connectivity index is 1.51. The maximum atomic E-state index is 12.9. The quantitative estimate of drug-likeness (QED) is 0.475. The molecule has 0 aliphatic carbocycles. The van der Waals surface area contributed by atoms with Crippen LogP contribution >= 0.6 is 0 Å². The third kappa shape index (κ3) is 4.23. The van der Waals surface area contributed by atoms with Gasteiger partial charge in [0.05, 0.1) is 30.9 Å². The number of aliphatic hydroxyl groups is 2. The van der Waals surface area contributed by atoms with E-state index >= 15 is 0 Å². The van der Waals surface area contributed by atoms with Crippen molar-refractivity contribution in [1.29, 1.82) is 0 Å². The van der Waals surface area contributed by atoms with Crippen molar-refractivity contribution in [1.82, 2.24) is 4.90 Å². The third-order valence-corrected chi connectivity index (χ3v) is 5.56. The molecule has 8 nitrogen and oxygen atoms in total. The average Bonchev–Trinajstić information content (AvgIpc) is 3.06. The van der Waals surface area contributed by atoms with Crippen molar-refractivity contribution < 1.29 is 34.0 Å². The number of amides is 2. The van der Waals surface area contributed by atoms with Gasteiger partial charge in [0.25, 0.3) is 11.8 Å². The number of carbonyl (C=O) groups is 2. The van der Waals surface area contributed by atoms with Crippen LogP contribution < -0.4 is 0 Å². The van der Waals surface area contributed by atoms with Gasteiger partial charge in [-0.15, -0.1) is 6.58 Å². The molecule has 2 amide bonds. The molecule has 2 heterocycles. The molecule has 32 heavy (non-hydrogen) atoms. The van der Waals surface area contributed by atoms with Gasteiger partial charge in [0, 0.05) is 0 Å². The number of hydrogen-bond acceptors (Lipinski definition) is 7. The van der Waals surface area contributed by atoms with E-state index in [2.05, 4.69) is 6.58 Å². The van der Waals surface area contributed by atoms with Gasteiger partial charge in [0.1, 0.15) is 24.4 Å². The van der Waals surface area contributed by atoms with Crippen molar-refractivity contribution in [2.24, 2.45) is 0 Å². The van der Waals surface area contributed by atoms with Crippen LogP contribution in [0.4, 0.5) is 0 Å². The van der Waals surface area contributed by atoms with Gasteiger partial charge in [-0.25, -0.2) is 0 Å². The van der Waals surface area contributed by atoms with Crippen LogP contribution in [0.1, 0.15) is 26.3 Å². The number of fused-ring (bicyclic) bond motifs is 1. The Morgan fingerprint density at radius 2 is 1.59 bits per heavy atom. The summed E-state index contributed by atoms with van der Waals surface area (Å²) in [6.45, 7) is 3.94. The summed E-state index contributed by atoms with van der Waals surface area (Å²) in [5.74, 6) is -1.15. The van der Waals surface area contributed by atoms with Crippen LogP contribution in [0, 0.1) is 0 Å². The van der Waals surface area contributed by atoms with Crippen molar-refractivity contribution >= 4 is 11.8 Å². The monoisotopic (exact) mass is 439 g/mol. The minimum atomic E-state index is -1.49. The fourth-order valence-corrected chi connectivity index (χ4v) is 3.98. The molecule has 1 saturated heterocycles. The molecule has 4 rings (SSSR count). The van der Waals surface area contributed by atoms with Crippen LogP contribution in [-0.2, 0) is 20.8 Å². The van der Waals surface area contributed by atoms with Crippen LogP contribution in [-0.4, -0.2) is 70.8 Å². The van der Waals surface area contributed by atoms with E-state index in [1.165, 1.54) is 6.08 Å². The summed E-state index contributed by atoms with van der Waals surface area (Å²) in [7, 11) is 0. The zero-order valence-corrected chi connectivity index (χ0v) is 17.4. The molecule has 0 bridgehead atoms. The van der Waals surface area contributed by atoms with Gasteiger partial charge >= 0.3 is 0 Å². The molecule has 0 radical (unpaired) electrons. The predicted octanol–water partition coefficient (Wildman–Crippen LogP) is 1.52. The molecule has 2 aromatic rings. The van der Waals surface area contributed by atoms with Crippen LogP contribution in [0.15, 0.2) is 67.3 Å². The highest BCUT2D eigenvalue weighted by atomic mass is 16.7. The Bertz CT molecular complexity index is 944. The summed E-state index contributed by atoms with van der Waals surface area (Å²) in [6.07, 6.45) is -3.50. The smallest absolute Gasteiger partial charge is 0.262 e. The predicted molar refractivity (Wildman–Crippen MR) is 114 cm³/mol. The molecule has 2 aliphatic heterocycles. The van der Waals surface area contributed by atoms with Gasteiger partial charge in [-0.1, -0.05) is 48.5 Å². The van der Waals surface area contributed by atoms with Crippen LogP contribution in [0.25, 0.3) is 0 Å². The molecule has 2 aliphatic rings. The Morgan fingerprint density at radius 1 is 0.969 bits per heavy atom. The first-order valence-corrected chi connectivity index (χ1v) is 10.4. The molecule has 2 aromatic carbocycles. The summed E-state index contributed by atoms with van der Waals surface area (Å²) in [4.78, 5) is 26.8. The van der Waals surface area contributed by atoms with Crippen LogP contribution in [0.5, 0.6) is 0 Å². The summed E-state index contributed by atoms with van der Waals surface area (Å²) in [6, 6.07) is 14.6. The van der Waals surface area contributed by atoms with Crippen molar-refractivity contribution in [3.05, 3.63) is 83.9 Å². The van der Waals surface area contributed by atoms with E-state index in [0.717, 1.165) is 10.5 Å². The van der Waals surface area contributed by atoms with E-state index in [1.807, 2.05) is 30.3 Å². The van der Waals surface area contributed by atoms with E-state index < -0.39 is 42.5 Å². The number of nitrogens with zero attached hydrogens (tertiary/aromatic N) is 1. The normalized spacial score (nSPS) is 27.4. The van der Waals surface area contributed by atoms with Gasteiger partial charge in [0.2, 0.25) is 0 Å². The number of rotatable bonds is 8. The van der Waals surface area contributed by atoms with E-state index in [1.54, 1.807) is 24.3 Å². The van der Waals surface area contributed by atoms with Crippen molar-refractivity contribution in [2.75, 3.05) is 13.2 Å². The number of aliphatic hydroxyl groups excluding tert-OH is 2. The third-order valence-electron chi connectivity index (χ3n) is 5.56. The topological polar surface area (TPSA) is 106 Å². The molecule has 1 fully saturated rings. The molecular formula is C24H25NO7. The van der Waals surface area contributed by atoms with E-state index in [0.29, 0.717) is 6.61 Å². The second-order valence-corrected chi connectivity index (χ2v) is 7.66. The molecule has 2 N–H and O–H groups in total. The summed E-state index contributed by atoms with van der Waals surface area (Å²) in [5, 5.41) is 21.6. The molecule has 0 saturated carbocycles. The Labute approximate surface area is 185 Å². The fraction of sp³-hybridized carbons (Fsp3) is 0.333. The van der Waals surface area contributed by atoms with Crippen molar-refractivity contribution in [3.63, 3.8) is 0 Å². The van der Waals surface area contributed by atoms with Gasteiger partial charge in [-0.3, -0.25) is 14.5 Å². The maximum absolute atomic E-state index is 12.9. The van der Waals surface area contributed by atoms with Crippen LogP contribution in [0.2, 0.25) is 0 Å². The van der Waals surface area contributed by atoms with Gasteiger partial charge < -0.3 is 24.4 Å². The molecule has 5 atom stereocenters. The molecule has 0 unspecified atom stereocenters. The molecule has 0 spiro atoms. The molecule has 168 valence electrons. The summed E-state index contributed by atoms with van der Waals surface area (Å²) < 4.78 is 17.2. The van der Waals surface area contributed by atoms with Gasteiger partial charge in [-0.05, 0) is 17.7 Å². The highest BCUT2D eigenvalue weighted by Gasteiger charge is 2.53. The Hall–Kier alpha value is -2.88. The lowest BCUT2D eigenvalue weighted by molar-refractivity contribution is -0.279. The number of hydrogen-bond donors (Lipinski definition) is 2. The van der Waals surface area contributed by atoms with Gasteiger partial charge in [0.15, 0.2) is 6.29 Å². The second-order valence-electron chi connectivity index (χ2n) is 7.66. The number of benzene rings is 2. The lowest BCUT2D eigenvalue weighted by atomic mass is 9.95. The largest absolute Gasteiger partial charge is 0.388 e. The Kier molecular flexibility index (Phi) is 6.78. The second kappa shape index (κ2) is 9.72. The van der Waals surface area contributed by atoms with E-state index in [-0.39, 0.29) is 24.3 Å². The lowest BCUT2D eigenvalue weighted by Crippen LogP contribution is -2.65. The number of imide groups is 1. The number of ether oxygens (including phenoxy) is 3. The van der Waals surface area contributed by atoms with Crippen molar-refractivity contribution in [3.8, 4) is 0 Å². The maximum Gasteiger partial charge on any atom is 0.262 e. The minimum Gasteiger partial charge on any atom is -0.388 e. The van der Waals surface area contributed by atoms with Crippen molar-refractivity contribution in [2.45, 2.75) is 37.3 Å². The van der Waals surface area contributed by atoms with E-state index in [4.69, 9.17) is 14.2 Å². The summed E-state index contributed by atoms with van der Waals surface area (Å²) in [5.41, 5.74) is 1.41. The fourth-order valence-electron chi connectivity index (χ4n) is 3.98. The SMILES string of the molecule is C=CCO[C@@H]1O[C@H](COCc2ccccc2)[C@@H](O)[C@@H](O)[C@H]1N1C(=O)c2ccccc2C1=O. The van der Waals surface area contributed by atoms with Crippen LogP contribution in [0.3, 0.4) is 0 Å². The molecule has 8 heteroatoms. The summed E-state index contributed by atoms with van der Waals surface area (Å²) >= 11 is 0. The lowest BCUT2D eigenvalue weighted by Gasteiger charge is -2.45. The first kappa shape index (κ1) is 22.3. The zero-order chi connectivity index (χ0) is 22.7.